The minimum Gasteiger partial charge on any atom is -0.390 e. The molecule has 0 saturated heterocycles. The number of carbonyl (C=O) groups excluding carboxylic acids is 1. The van der Waals surface area contributed by atoms with Gasteiger partial charge < -0.3 is 5.11 Å². The fourth-order valence-electron chi connectivity index (χ4n) is 0.579. The highest BCUT2D eigenvalue weighted by atomic mass is 35.5. The van der Waals surface area contributed by atoms with E-state index in [0.29, 0.717) is 5.69 Å². The minimum absolute atomic E-state index is 0.0850. The number of nitrogens with zero attached hydrogens (tertiary/aromatic N) is 2. The Morgan fingerprint density at radius 3 is 3.00 bits per heavy atom. The Morgan fingerprint density at radius 2 is 2.45 bits per heavy atom. The molecule has 0 atom stereocenters. The summed E-state index contributed by atoms with van der Waals surface area (Å²) in [7, 11) is 0. The van der Waals surface area contributed by atoms with Crippen LogP contribution in [0.15, 0.2) is 12.3 Å². The lowest BCUT2D eigenvalue weighted by molar-refractivity contribution is 0.107. The number of halogens is 1. The molecule has 0 saturated carbocycles. The second kappa shape index (κ2) is 3.41. The average Bonchev–Trinajstić information content (AvgIpc) is 2.05. The van der Waals surface area contributed by atoms with E-state index >= 15 is 0 Å². The third-order valence-corrected chi connectivity index (χ3v) is 1.22. The van der Waals surface area contributed by atoms with Gasteiger partial charge in [0.15, 0.2) is 0 Å². The summed E-state index contributed by atoms with van der Waals surface area (Å²) in [4.78, 5) is 17.7. The van der Waals surface area contributed by atoms with Crippen LogP contribution in [0.5, 0.6) is 0 Å². The van der Waals surface area contributed by atoms with Gasteiger partial charge in [0.05, 0.1) is 12.3 Å². The number of rotatable bonds is 2. The van der Waals surface area contributed by atoms with Crippen molar-refractivity contribution < 1.29 is 9.90 Å². The molecule has 0 aliphatic rings. The Balaban J connectivity index is 3.01. The SMILES string of the molecule is O=C(Cl)c1nccc(CO)n1. The van der Waals surface area contributed by atoms with Gasteiger partial charge in [-0.15, -0.1) is 0 Å². The smallest absolute Gasteiger partial charge is 0.289 e. The van der Waals surface area contributed by atoms with Gasteiger partial charge in [0.1, 0.15) is 0 Å². The zero-order chi connectivity index (χ0) is 8.27. The van der Waals surface area contributed by atoms with Gasteiger partial charge >= 0.3 is 0 Å². The van der Waals surface area contributed by atoms with Gasteiger partial charge in [-0.25, -0.2) is 9.97 Å². The molecule has 11 heavy (non-hydrogen) atoms. The van der Waals surface area contributed by atoms with Crippen molar-refractivity contribution in [2.45, 2.75) is 6.61 Å². The molecule has 5 heteroatoms. The van der Waals surface area contributed by atoms with Gasteiger partial charge in [0.2, 0.25) is 5.82 Å². The Kier molecular flexibility index (Phi) is 2.51. The molecule has 1 aromatic heterocycles. The fraction of sp³-hybridized carbons (Fsp3) is 0.167. The summed E-state index contributed by atoms with van der Waals surface area (Å²) in [5.74, 6) is -0.0850. The predicted molar refractivity (Wildman–Crippen MR) is 38.1 cm³/mol. The lowest BCUT2D eigenvalue weighted by atomic mass is 10.4. The van der Waals surface area contributed by atoms with Crippen LogP contribution in [0.1, 0.15) is 16.3 Å². The Labute approximate surface area is 67.9 Å². The van der Waals surface area contributed by atoms with Crippen LogP contribution in [0.25, 0.3) is 0 Å². The topological polar surface area (TPSA) is 63.1 Å². The van der Waals surface area contributed by atoms with Crippen molar-refractivity contribution in [3.05, 3.63) is 23.8 Å². The predicted octanol–water partition coefficient (Wildman–Crippen LogP) is 0.348. The first kappa shape index (κ1) is 8.10. The first-order valence-corrected chi connectivity index (χ1v) is 3.24. The molecule has 58 valence electrons. The van der Waals surface area contributed by atoms with Crippen molar-refractivity contribution >= 4 is 16.8 Å². The molecular weight excluding hydrogens is 168 g/mol. The number of carbonyl (C=O) groups is 1. The standard InChI is InChI=1S/C6H5ClN2O2/c7-5(11)6-8-2-1-4(3-10)9-6/h1-2,10H,3H2. The highest BCUT2D eigenvalue weighted by Gasteiger charge is 2.04. The van der Waals surface area contributed by atoms with E-state index in [4.69, 9.17) is 16.7 Å². The molecule has 4 nitrogen and oxygen atoms in total. The zero-order valence-corrected chi connectivity index (χ0v) is 6.25. The molecule has 0 bridgehead atoms. The highest BCUT2D eigenvalue weighted by molar-refractivity contribution is 6.67. The van der Waals surface area contributed by atoms with E-state index in [1.807, 2.05) is 0 Å². The number of hydrogen-bond acceptors (Lipinski definition) is 4. The summed E-state index contributed by atoms with van der Waals surface area (Å²) in [5, 5.41) is 7.88. The normalized spacial score (nSPS) is 9.64. The van der Waals surface area contributed by atoms with Gasteiger partial charge in [-0.3, -0.25) is 4.79 Å². The van der Waals surface area contributed by atoms with Gasteiger partial charge in [-0.1, -0.05) is 0 Å². The van der Waals surface area contributed by atoms with Crippen LogP contribution in [-0.2, 0) is 6.61 Å². The van der Waals surface area contributed by atoms with Crippen molar-refractivity contribution in [2.24, 2.45) is 0 Å². The number of aromatic nitrogens is 2. The first-order chi connectivity index (χ1) is 5.24. The Morgan fingerprint density at radius 1 is 1.73 bits per heavy atom. The number of aliphatic hydroxyl groups excluding tert-OH is 1. The maximum atomic E-state index is 10.5. The van der Waals surface area contributed by atoms with Crippen LogP contribution in [0.4, 0.5) is 0 Å². The van der Waals surface area contributed by atoms with E-state index in [2.05, 4.69) is 9.97 Å². The quantitative estimate of drug-likeness (QED) is 0.654. The van der Waals surface area contributed by atoms with Crippen molar-refractivity contribution in [1.29, 1.82) is 0 Å². The summed E-state index contributed by atoms with van der Waals surface area (Å²) < 4.78 is 0. The third-order valence-electron chi connectivity index (χ3n) is 1.05. The third kappa shape index (κ3) is 1.96. The lowest BCUT2D eigenvalue weighted by Gasteiger charge is -1.94. The maximum absolute atomic E-state index is 10.5. The molecule has 0 radical (unpaired) electrons. The van der Waals surface area contributed by atoms with Crippen LogP contribution >= 0.6 is 11.6 Å². The molecule has 1 aromatic rings. The van der Waals surface area contributed by atoms with Gasteiger partial charge in [0.25, 0.3) is 5.24 Å². The molecule has 0 aliphatic heterocycles. The van der Waals surface area contributed by atoms with Crippen LogP contribution in [0, 0.1) is 0 Å². The monoisotopic (exact) mass is 172 g/mol. The van der Waals surface area contributed by atoms with Crippen molar-refractivity contribution in [3.8, 4) is 0 Å². The molecule has 1 N–H and O–H groups in total. The molecule has 0 aliphatic carbocycles. The van der Waals surface area contributed by atoms with E-state index in [1.165, 1.54) is 12.3 Å². The summed E-state index contributed by atoms with van der Waals surface area (Å²) in [6.07, 6.45) is 1.37. The zero-order valence-electron chi connectivity index (χ0n) is 5.49. The molecule has 0 spiro atoms. The van der Waals surface area contributed by atoms with Crippen molar-refractivity contribution in [3.63, 3.8) is 0 Å². The van der Waals surface area contributed by atoms with E-state index < -0.39 is 5.24 Å². The van der Waals surface area contributed by atoms with Crippen molar-refractivity contribution in [2.75, 3.05) is 0 Å². The summed E-state index contributed by atoms with van der Waals surface area (Å²) in [6.45, 7) is -0.223. The first-order valence-electron chi connectivity index (χ1n) is 2.86. The van der Waals surface area contributed by atoms with E-state index in [9.17, 15) is 4.79 Å². The Hall–Kier alpha value is -1.00. The van der Waals surface area contributed by atoms with Crippen molar-refractivity contribution in [1.82, 2.24) is 9.97 Å². The van der Waals surface area contributed by atoms with E-state index in [-0.39, 0.29) is 12.4 Å². The van der Waals surface area contributed by atoms with Crippen LogP contribution in [0.2, 0.25) is 0 Å². The Bertz CT molecular complexity index is 277. The van der Waals surface area contributed by atoms with Gasteiger partial charge in [-0.05, 0) is 17.7 Å². The van der Waals surface area contributed by atoms with Crippen LogP contribution < -0.4 is 0 Å². The molecule has 0 unspecified atom stereocenters. The van der Waals surface area contributed by atoms with Crippen LogP contribution in [-0.4, -0.2) is 20.3 Å². The fourth-order valence-corrected chi connectivity index (χ4v) is 0.670. The second-order valence-electron chi connectivity index (χ2n) is 1.80. The molecule has 1 rings (SSSR count). The van der Waals surface area contributed by atoms with Crippen LogP contribution in [0.3, 0.4) is 0 Å². The summed E-state index contributed by atoms with van der Waals surface area (Å²) >= 11 is 5.09. The molecule has 0 aromatic carbocycles. The summed E-state index contributed by atoms with van der Waals surface area (Å²) in [5.41, 5.74) is 0.379. The van der Waals surface area contributed by atoms with E-state index in [1.54, 1.807) is 0 Å². The second-order valence-corrected chi connectivity index (χ2v) is 2.15. The molecule has 1 heterocycles. The maximum Gasteiger partial charge on any atom is 0.289 e. The largest absolute Gasteiger partial charge is 0.390 e. The van der Waals surface area contributed by atoms with Gasteiger partial charge in [0, 0.05) is 6.20 Å². The summed E-state index contributed by atoms with van der Waals surface area (Å²) in [6, 6.07) is 1.50. The molecular formula is C6H5ClN2O2. The highest BCUT2D eigenvalue weighted by Crippen LogP contribution is 1.98. The number of aliphatic hydroxyl groups is 1. The number of hydrogen-bond donors (Lipinski definition) is 1. The van der Waals surface area contributed by atoms with E-state index in [0.717, 1.165) is 0 Å². The minimum atomic E-state index is -0.722. The average molecular weight is 173 g/mol. The van der Waals surface area contributed by atoms with Gasteiger partial charge in [-0.2, -0.15) is 0 Å². The molecule has 0 amide bonds. The molecule has 0 fully saturated rings. The lowest BCUT2D eigenvalue weighted by Crippen LogP contribution is -2.01.